The Kier molecular flexibility index (Phi) is 3.88. The second-order valence-corrected chi connectivity index (χ2v) is 5.03. The minimum Gasteiger partial charge on any atom is -0.301 e. The summed E-state index contributed by atoms with van der Waals surface area (Å²) in [5.41, 5.74) is 0.379. The summed E-state index contributed by atoms with van der Waals surface area (Å²) in [6.07, 6.45) is 0.253. The van der Waals surface area contributed by atoms with Gasteiger partial charge < -0.3 is 5.32 Å². The van der Waals surface area contributed by atoms with Gasteiger partial charge in [-0.2, -0.15) is 0 Å². The molecule has 94 valence electrons. The van der Waals surface area contributed by atoms with Gasteiger partial charge in [0.2, 0.25) is 11.0 Å². The number of hydrogen-bond acceptors (Lipinski definition) is 4. The van der Waals surface area contributed by atoms with Gasteiger partial charge in [0.15, 0.2) is 0 Å². The number of carbonyl (C=O) groups is 1. The fraction of sp³-hybridized carbons (Fsp3) is 0.182. The first-order valence-electron chi connectivity index (χ1n) is 5.09. The highest BCUT2D eigenvalue weighted by Gasteiger charge is 2.11. The average molecular weight is 286 g/mol. The lowest BCUT2D eigenvalue weighted by molar-refractivity contribution is -0.114. The molecule has 1 amide bonds. The number of rotatable bonds is 3. The highest BCUT2D eigenvalue weighted by atomic mass is 35.5. The molecule has 2 aromatic rings. The van der Waals surface area contributed by atoms with Gasteiger partial charge in [-0.3, -0.25) is 4.79 Å². The first kappa shape index (κ1) is 12.9. The third-order valence-corrected chi connectivity index (χ3v) is 3.33. The van der Waals surface area contributed by atoms with Crippen LogP contribution in [-0.4, -0.2) is 16.1 Å². The highest BCUT2D eigenvalue weighted by molar-refractivity contribution is 7.15. The lowest BCUT2D eigenvalue weighted by Gasteiger charge is -2.02. The van der Waals surface area contributed by atoms with Gasteiger partial charge in [0, 0.05) is 23.9 Å². The van der Waals surface area contributed by atoms with Crippen molar-refractivity contribution >= 4 is 34.0 Å². The largest absolute Gasteiger partial charge is 0.301 e. The molecule has 0 fully saturated rings. The van der Waals surface area contributed by atoms with E-state index in [2.05, 4.69) is 15.5 Å². The summed E-state index contributed by atoms with van der Waals surface area (Å²) in [4.78, 5) is 10.8. The number of hydrogen-bond donors (Lipinski definition) is 1. The molecule has 7 heteroatoms. The molecule has 1 aromatic carbocycles. The van der Waals surface area contributed by atoms with Gasteiger partial charge in [0.05, 0.1) is 0 Å². The van der Waals surface area contributed by atoms with E-state index in [0.29, 0.717) is 20.7 Å². The van der Waals surface area contributed by atoms with Crippen LogP contribution in [0.3, 0.4) is 0 Å². The van der Waals surface area contributed by atoms with Gasteiger partial charge in [-0.1, -0.05) is 29.0 Å². The van der Waals surface area contributed by atoms with E-state index < -0.39 is 0 Å². The summed E-state index contributed by atoms with van der Waals surface area (Å²) >= 11 is 7.11. The molecular formula is C11H9ClFN3OS. The molecule has 1 aromatic heterocycles. The van der Waals surface area contributed by atoms with E-state index in [1.165, 1.54) is 24.3 Å². The topological polar surface area (TPSA) is 54.9 Å². The van der Waals surface area contributed by atoms with E-state index >= 15 is 0 Å². The van der Waals surface area contributed by atoms with E-state index in [9.17, 15) is 9.18 Å². The van der Waals surface area contributed by atoms with E-state index in [0.717, 1.165) is 0 Å². The van der Waals surface area contributed by atoms with Gasteiger partial charge in [0.1, 0.15) is 10.8 Å². The Bertz CT molecular complexity index is 567. The van der Waals surface area contributed by atoms with Crippen molar-refractivity contribution in [2.45, 2.75) is 13.3 Å². The molecule has 0 aliphatic heterocycles. The van der Waals surface area contributed by atoms with Crippen LogP contribution in [0.1, 0.15) is 17.5 Å². The van der Waals surface area contributed by atoms with Crippen LogP contribution in [0.4, 0.5) is 9.52 Å². The quantitative estimate of drug-likeness (QED) is 0.943. The predicted octanol–water partition coefficient (Wildman–Crippen LogP) is 2.88. The molecule has 0 radical (unpaired) electrons. The van der Waals surface area contributed by atoms with Crippen molar-refractivity contribution in [2.24, 2.45) is 0 Å². The molecule has 0 aliphatic carbocycles. The number of carbonyl (C=O) groups excluding carboxylic acids is 1. The van der Waals surface area contributed by atoms with Gasteiger partial charge in [-0.05, 0) is 12.1 Å². The van der Waals surface area contributed by atoms with Crippen LogP contribution in [0.25, 0.3) is 0 Å². The fourth-order valence-electron chi connectivity index (χ4n) is 1.38. The van der Waals surface area contributed by atoms with Crippen LogP contribution in [0.5, 0.6) is 0 Å². The monoisotopic (exact) mass is 285 g/mol. The maximum atomic E-state index is 13.6. The summed E-state index contributed by atoms with van der Waals surface area (Å²) < 4.78 is 13.6. The van der Waals surface area contributed by atoms with Crippen LogP contribution in [0.2, 0.25) is 5.02 Å². The number of nitrogens with one attached hydrogen (secondary N) is 1. The fourth-order valence-corrected chi connectivity index (χ4v) is 2.41. The Morgan fingerprint density at radius 2 is 2.28 bits per heavy atom. The Morgan fingerprint density at radius 3 is 2.94 bits per heavy atom. The predicted molar refractivity (Wildman–Crippen MR) is 68.4 cm³/mol. The molecule has 2 rings (SSSR count). The van der Waals surface area contributed by atoms with Crippen molar-refractivity contribution in [3.63, 3.8) is 0 Å². The molecule has 0 aliphatic rings. The summed E-state index contributed by atoms with van der Waals surface area (Å²) in [5.74, 6) is -0.597. The molecule has 0 bridgehead atoms. The molecule has 0 spiro atoms. The van der Waals surface area contributed by atoms with Crippen LogP contribution >= 0.6 is 22.9 Å². The van der Waals surface area contributed by atoms with Crippen molar-refractivity contribution in [3.8, 4) is 0 Å². The minimum absolute atomic E-state index is 0.221. The van der Waals surface area contributed by atoms with Crippen molar-refractivity contribution in [2.75, 3.05) is 5.32 Å². The third-order valence-electron chi connectivity index (χ3n) is 2.14. The van der Waals surface area contributed by atoms with Gasteiger partial charge >= 0.3 is 0 Å². The Balaban J connectivity index is 2.19. The highest BCUT2D eigenvalue weighted by Crippen LogP contribution is 2.24. The molecule has 0 saturated heterocycles. The number of amides is 1. The molecular weight excluding hydrogens is 277 g/mol. The maximum absolute atomic E-state index is 13.6. The van der Waals surface area contributed by atoms with Crippen LogP contribution < -0.4 is 5.32 Å². The lowest BCUT2D eigenvalue weighted by atomic mass is 10.1. The van der Waals surface area contributed by atoms with Crippen LogP contribution in [0.15, 0.2) is 18.2 Å². The molecule has 0 atom stereocenters. The second kappa shape index (κ2) is 5.41. The van der Waals surface area contributed by atoms with Gasteiger partial charge in [-0.25, -0.2) is 4.39 Å². The average Bonchev–Trinajstić information content (AvgIpc) is 2.70. The summed E-state index contributed by atoms with van der Waals surface area (Å²) in [6.45, 7) is 1.38. The summed E-state index contributed by atoms with van der Waals surface area (Å²) in [7, 11) is 0. The van der Waals surface area contributed by atoms with Crippen molar-refractivity contribution in [1.82, 2.24) is 10.2 Å². The zero-order valence-corrected chi connectivity index (χ0v) is 11.0. The first-order valence-corrected chi connectivity index (χ1v) is 6.28. The van der Waals surface area contributed by atoms with E-state index in [1.54, 1.807) is 12.1 Å². The second-order valence-electron chi connectivity index (χ2n) is 3.56. The van der Waals surface area contributed by atoms with Crippen LogP contribution in [-0.2, 0) is 11.2 Å². The van der Waals surface area contributed by atoms with Gasteiger partial charge in [-0.15, -0.1) is 10.2 Å². The number of aromatic nitrogens is 2. The van der Waals surface area contributed by atoms with Crippen LogP contribution in [0, 0.1) is 5.82 Å². The van der Waals surface area contributed by atoms with E-state index in [-0.39, 0.29) is 18.1 Å². The minimum atomic E-state index is -0.376. The lowest BCUT2D eigenvalue weighted by Crippen LogP contribution is -2.04. The van der Waals surface area contributed by atoms with Crippen molar-refractivity contribution in [3.05, 3.63) is 39.6 Å². The Hall–Kier alpha value is -1.53. The molecule has 0 saturated carbocycles. The molecule has 1 N–H and O–H groups in total. The summed E-state index contributed by atoms with van der Waals surface area (Å²) in [5, 5.41) is 11.5. The molecule has 18 heavy (non-hydrogen) atoms. The smallest absolute Gasteiger partial charge is 0.223 e. The van der Waals surface area contributed by atoms with Crippen molar-refractivity contribution in [1.29, 1.82) is 0 Å². The maximum Gasteiger partial charge on any atom is 0.223 e. The third kappa shape index (κ3) is 3.02. The van der Waals surface area contributed by atoms with E-state index in [1.807, 2.05) is 0 Å². The standard InChI is InChI=1S/C11H9ClFN3OS/c1-6(17)14-11-16-15-10(18-11)5-7-8(12)3-2-4-9(7)13/h2-4H,5H2,1H3,(H,14,16,17). The normalized spacial score (nSPS) is 10.4. The number of anilines is 1. The number of nitrogens with zero attached hydrogens (tertiary/aromatic N) is 2. The molecule has 4 nitrogen and oxygen atoms in total. The first-order chi connectivity index (χ1) is 8.56. The number of halogens is 2. The zero-order chi connectivity index (χ0) is 13.1. The van der Waals surface area contributed by atoms with E-state index in [4.69, 9.17) is 11.6 Å². The Morgan fingerprint density at radius 1 is 1.50 bits per heavy atom. The van der Waals surface area contributed by atoms with Crippen molar-refractivity contribution < 1.29 is 9.18 Å². The molecule has 0 unspecified atom stereocenters. The van der Waals surface area contributed by atoms with Gasteiger partial charge in [0.25, 0.3) is 0 Å². The SMILES string of the molecule is CC(=O)Nc1nnc(Cc2c(F)cccc2Cl)s1. The Labute approximate surface area is 112 Å². The zero-order valence-electron chi connectivity index (χ0n) is 9.41. The molecule has 1 heterocycles. The summed E-state index contributed by atoms with van der Waals surface area (Å²) in [6, 6.07) is 4.51. The number of benzene rings is 1.